The summed E-state index contributed by atoms with van der Waals surface area (Å²) >= 11 is 0. The van der Waals surface area contributed by atoms with Gasteiger partial charge in [-0.05, 0) is 12.1 Å². The lowest BCUT2D eigenvalue weighted by atomic mass is 10.2. The van der Waals surface area contributed by atoms with Gasteiger partial charge in [-0.15, -0.1) is 5.10 Å². The molecule has 0 bridgehead atoms. The Bertz CT molecular complexity index is 1030. The van der Waals surface area contributed by atoms with Gasteiger partial charge >= 0.3 is 0 Å². The van der Waals surface area contributed by atoms with E-state index in [1.54, 1.807) is 26.4 Å². The number of likely N-dealkylation sites (N-methyl/N-ethyl adjacent to an activating group) is 1. The molecule has 1 aromatic carbocycles. The molecule has 162 valence electrons. The quantitative estimate of drug-likeness (QED) is 0.595. The molecule has 1 aromatic heterocycles. The molecule has 0 radical (unpaired) electrons. The maximum absolute atomic E-state index is 12.9. The van der Waals surface area contributed by atoms with Crippen molar-refractivity contribution in [2.75, 3.05) is 53.6 Å². The van der Waals surface area contributed by atoms with E-state index in [1.807, 2.05) is 0 Å². The van der Waals surface area contributed by atoms with Crippen LogP contribution >= 0.6 is 0 Å². The normalized spacial score (nSPS) is 16.9. The average Bonchev–Trinajstić information content (AvgIpc) is 3.19. The minimum Gasteiger partial charge on any atom is -0.486 e. The van der Waals surface area contributed by atoms with Crippen LogP contribution in [0.1, 0.15) is 16.5 Å². The zero-order valence-electron chi connectivity index (χ0n) is 16.7. The summed E-state index contributed by atoms with van der Waals surface area (Å²) in [4.78, 5) is 14.0. The number of carbonyl (C=O) groups is 1. The van der Waals surface area contributed by atoms with Crippen molar-refractivity contribution < 1.29 is 27.4 Å². The Kier molecular flexibility index (Phi) is 5.62. The molecule has 0 N–H and O–H groups in total. The van der Waals surface area contributed by atoms with Crippen molar-refractivity contribution in [3.8, 4) is 11.5 Å². The van der Waals surface area contributed by atoms with Crippen molar-refractivity contribution in [2.45, 2.75) is 10.9 Å². The molecule has 2 aromatic rings. The number of hydrogen-bond donors (Lipinski definition) is 0. The standard InChI is InChI=1S/C18H23N5O6S/c1-21(5-6-27-2)18(24)15-12-23(20-19-15)13-10-22(11-13)30(25,26)14-3-4-16-17(9-14)29-8-7-28-16/h3-4,9,12-13H,5-8,10-11H2,1-2H3. The van der Waals surface area contributed by atoms with Gasteiger partial charge in [-0.3, -0.25) is 4.79 Å². The average molecular weight is 437 g/mol. The molecular formula is C18H23N5O6S. The third-order valence-corrected chi connectivity index (χ3v) is 6.89. The van der Waals surface area contributed by atoms with Crippen molar-refractivity contribution in [1.82, 2.24) is 24.2 Å². The second-order valence-electron chi connectivity index (χ2n) is 7.08. The molecule has 0 unspecified atom stereocenters. The lowest BCUT2D eigenvalue weighted by molar-refractivity contribution is 0.0738. The highest BCUT2D eigenvalue weighted by molar-refractivity contribution is 7.89. The Labute approximate surface area is 174 Å². The molecule has 2 aliphatic heterocycles. The van der Waals surface area contributed by atoms with Gasteiger partial charge in [-0.25, -0.2) is 13.1 Å². The van der Waals surface area contributed by atoms with Crippen LogP contribution < -0.4 is 9.47 Å². The third-order valence-electron chi connectivity index (χ3n) is 5.06. The number of methoxy groups -OCH3 is 1. The topological polar surface area (TPSA) is 116 Å². The number of sulfonamides is 1. The lowest BCUT2D eigenvalue weighted by Crippen LogP contribution is -2.50. The van der Waals surface area contributed by atoms with E-state index in [9.17, 15) is 13.2 Å². The number of hydrogen-bond acceptors (Lipinski definition) is 8. The van der Waals surface area contributed by atoms with E-state index < -0.39 is 10.0 Å². The fourth-order valence-corrected chi connectivity index (χ4v) is 4.72. The summed E-state index contributed by atoms with van der Waals surface area (Å²) < 4.78 is 44.6. The molecule has 0 saturated carbocycles. The summed E-state index contributed by atoms with van der Waals surface area (Å²) in [5.74, 6) is 0.701. The van der Waals surface area contributed by atoms with Gasteiger partial charge in [0.2, 0.25) is 10.0 Å². The molecular weight excluding hydrogens is 414 g/mol. The molecule has 4 rings (SSSR count). The summed E-state index contributed by atoms with van der Waals surface area (Å²) in [7, 11) is -0.439. The number of rotatable bonds is 7. The molecule has 2 aliphatic rings. The van der Waals surface area contributed by atoms with Crippen LogP contribution in [0.5, 0.6) is 11.5 Å². The van der Waals surface area contributed by atoms with Crippen molar-refractivity contribution in [2.24, 2.45) is 0 Å². The van der Waals surface area contributed by atoms with E-state index in [1.165, 1.54) is 26.0 Å². The molecule has 1 saturated heterocycles. The predicted molar refractivity (Wildman–Crippen MR) is 104 cm³/mol. The van der Waals surface area contributed by atoms with Crippen molar-refractivity contribution in [1.29, 1.82) is 0 Å². The monoisotopic (exact) mass is 437 g/mol. The minimum atomic E-state index is -3.66. The molecule has 30 heavy (non-hydrogen) atoms. The first kappa shape index (κ1) is 20.6. The Morgan fingerprint density at radius 1 is 1.27 bits per heavy atom. The largest absolute Gasteiger partial charge is 0.486 e. The number of fused-ring (bicyclic) bond motifs is 1. The second kappa shape index (κ2) is 8.20. The zero-order chi connectivity index (χ0) is 21.3. The number of ether oxygens (including phenoxy) is 3. The first-order valence-corrected chi connectivity index (χ1v) is 10.9. The summed E-state index contributed by atoms with van der Waals surface area (Å²) in [6.45, 7) is 2.17. The van der Waals surface area contributed by atoms with E-state index in [2.05, 4.69) is 10.3 Å². The first-order chi connectivity index (χ1) is 14.4. The van der Waals surface area contributed by atoms with E-state index in [0.29, 0.717) is 37.9 Å². The van der Waals surface area contributed by atoms with Gasteiger partial charge in [-0.1, -0.05) is 5.21 Å². The maximum atomic E-state index is 12.9. The van der Waals surface area contributed by atoms with Crippen LogP contribution in [0, 0.1) is 0 Å². The summed E-state index contributed by atoms with van der Waals surface area (Å²) in [5, 5.41) is 7.92. The number of aromatic nitrogens is 3. The molecule has 0 aliphatic carbocycles. The number of amides is 1. The van der Waals surface area contributed by atoms with Crippen LogP contribution in [0.4, 0.5) is 0 Å². The Morgan fingerprint density at radius 3 is 2.73 bits per heavy atom. The van der Waals surface area contributed by atoms with Crippen LogP contribution in [0.2, 0.25) is 0 Å². The molecule has 1 fully saturated rings. The molecule has 11 nitrogen and oxygen atoms in total. The van der Waals surface area contributed by atoms with E-state index in [4.69, 9.17) is 14.2 Å². The van der Waals surface area contributed by atoms with Crippen molar-refractivity contribution >= 4 is 15.9 Å². The molecule has 1 amide bonds. The Balaban J connectivity index is 1.40. The van der Waals surface area contributed by atoms with Crippen LogP contribution in [0.15, 0.2) is 29.3 Å². The van der Waals surface area contributed by atoms with E-state index >= 15 is 0 Å². The highest BCUT2D eigenvalue weighted by atomic mass is 32.2. The predicted octanol–water partition coefficient (Wildman–Crippen LogP) is 0.0133. The highest BCUT2D eigenvalue weighted by Crippen LogP contribution is 2.35. The summed E-state index contributed by atoms with van der Waals surface area (Å²) in [6, 6.07) is 4.42. The SMILES string of the molecule is COCCN(C)C(=O)c1cn(C2CN(S(=O)(=O)c3ccc4c(c3)OCCO4)C2)nn1. The summed E-state index contributed by atoms with van der Waals surface area (Å²) in [5.41, 5.74) is 0.210. The van der Waals surface area contributed by atoms with Gasteiger partial charge in [0.15, 0.2) is 17.2 Å². The van der Waals surface area contributed by atoms with Gasteiger partial charge < -0.3 is 19.1 Å². The van der Waals surface area contributed by atoms with Crippen LogP contribution in [0.3, 0.4) is 0 Å². The van der Waals surface area contributed by atoms with Crippen molar-refractivity contribution in [3.05, 3.63) is 30.1 Å². The van der Waals surface area contributed by atoms with Gasteiger partial charge in [0, 0.05) is 39.9 Å². The van der Waals surface area contributed by atoms with E-state index in [-0.39, 0.29) is 35.6 Å². The fourth-order valence-electron chi connectivity index (χ4n) is 3.19. The number of nitrogens with zero attached hydrogens (tertiary/aromatic N) is 5. The Hall–Kier alpha value is -2.70. The second-order valence-corrected chi connectivity index (χ2v) is 9.02. The molecule has 3 heterocycles. The molecule has 12 heteroatoms. The van der Waals surface area contributed by atoms with Crippen molar-refractivity contribution in [3.63, 3.8) is 0 Å². The number of carbonyl (C=O) groups excluding carboxylic acids is 1. The van der Waals surface area contributed by atoms with Gasteiger partial charge in [-0.2, -0.15) is 4.31 Å². The maximum Gasteiger partial charge on any atom is 0.275 e. The van der Waals surface area contributed by atoms with Gasteiger partial charge in [0.25, 0.3) is 5.91 Å². The van der Waals surface area contributed by atoms with Gasteiger partial charge in [0.05, 0.1) is 23.7 Å². The zero-order valence-corrected chi connectivity index (χ0v) is 17.5. The van der Waals surface area contributed by atoms with Crippen LogP contribution in [-0.4, -0.2) is 92.1 Å². The summed E-state index contributed by atoms with van der Waals surface area (Å²) in [6.07, 6.45) is 1.55. The Morgan fingerprint density at radius 2 is 2.00 bits per heavy atom. The molecule has 0 spiro atoms. The van der Waals surface area contributed by atoms with Gasteiger partial charge in [0.1, 0.15) is 13.2 Å². The third kappa shape index (κ3) is 3.85. The first-order valence-electron chi connectivity index (χ1n) is 9.46. The number of benzene rings is 1. The smallest absolute Gasteiger partial charge is 0.275 e. The lowest BCUT2D eigenvalue weighted by Gasteiger charge is -2.37. The minimum absolute atomic E-state index is 0.152. The van der Waals surface area contributed by atoms with Crippen LogP contribution in [-0.2, 0) is 14.8 Å². The fraction of sp³-hybridized carbons (Fsp3) is 0.500. The van der Waals surface area contributed by atoms with Crippen LogP contribution in [0.25, 0.3) is 0 Å². The van der Waals surface area contributed by atoms with E-state index in [0.717, 1.165) is 0 Å². The molecule has 0 atom stereocenters. The highest BCUT2D eigenvalue weighted by Gasteiger charge is 2.39.